The van der Waals surface area contributed by atoms with Crippen molar-refractivity contribution in [1.82, 2.24) is 15.3 Å². The van der Waals surface area contributed by atoms with Crippen molar-refractivity contribution in [1.29, 1.82) is 0 Å². The van der Waals surface area contributed by atoms with Crippen molar-refractivity contribution in [3.8, 4) is 0 Å². The monoisotopic (exact) mass is 416 g/mol. The van der Waals surface area contributed by atoms with Gasteiger partial charge in [-0.3, -0.25) is 19.6 Å². The third-order valence-electron chi connectivity index (χ3n) is 4.53. The number of para-hydroxylation sites is 1. The second-order valence-corrected chi connectivity index (χ2v) is 6.99. The first kappa shape index (κ1) is 19.5. The van der Waals surface area contributed by atoms with Gasteiger partial charge < -0.3 is 10.6 Å². The van der Waals surface area contributed by atoms with Gasteiger partial charge in [-0.2, -0.15) is 0 Å². The number of hydrogen-bond donors (Lipinski definition) is 2. The first-order valence-electron chi connectivity index (χ1n) is 9.24. The van der Waals surface area contributed by atoms with Crippen molar-refractivity contribution < 1.29 is 9.59 Å². The molecule has 6 nitrogen and oxygen atoms in total. The number of benzene rings is 2. The van der Waals surface area contributed by atoms with Crippen LogP contribution in [0.1, 0.15) is 17.3 Å². The number of rotatable bonds is 4. The van der Waals surface area contributed by atoms with Crippen molar-refractivity contribution >= 4 is 40.0 Å². The zero-order chi connectivity index (χ0) is 20.9. The van der Waals surface area contributed by atoms with E-state index in [1.807, 2.05) is 30.3 Å². The van der Waals surface area contributed by atoms with Gasteiger partial charge in [-0.1, -0.05) is 48.0 Å². The normalized spacial score (nSPS) is 11.6. The van der Waals surface area contributed by atoms with Gasteiger partial charge in [0.2, 0.25) is 0 Å². The summed E-state index contributed by atoms with van der Waals surface area (Å²) in [6.07, 6.45) is 3.26. The van der Waals surface area contributed by atoms with Gasteiger partial charge in [-0.05, 0) is 42.0 Å². The quantitative estimate of drug-likeness (QED) is 0.490. The molecule has 0 bridgehead atoms. The van der Waals surface area contributed by atoms with E-state index in [9.17, 15) is 9.59 Å². The molecule has 0 saturated heterocycles. The fourth-order valence-electron chi connectivity index (χ4n) is 3.14. The number of halogens is 1. The Hall–Kier alpha value is -3.77. The topological polar surface area (TPSA) is 84.0 Å². The van der Waals surface area contributed by atoms with Gasteiger partial charge in [0.05, 0.1) is 22.9 Å². The largest absolute Gasteiger partial charge is 0.335 e. The summed E-state index contributed by atoms with van der Waals surface area (Å²) in [6, 6.07) is 20.9. The van der Waals surface area contributed by atoms with E-state index in [0.29, 0.717) is 27.5 Å². The molecular formula is C23H17ClN4O2. The molecule has 0 saturated carbocycles. The Morgan fingerprint density at radius 3 is 2.43 bits per heavy atom. The molecule has 0 aliphatic rings. The lowest BCUT2D eigenvalue weighted by Gasteiger charge is -2.19. The number of carbonyl (C=O) groups is 2. The second-order valence-electron chi connectivity index (χ2n) is 6.55. The lowest BCUT2D eigenvalue weighted by molar-refractivity contribution is -0.136. The molecule has 0 aliphatic carbocycles. The van der Waals surface area contributed by atoms with Gasteiger partial charge in [0.25, 0.3) is 0 Å². The van der Waals surface area contributed by atoms with Crippen LogP contribution in [-0.4, -0.2) is 21.8 Å². The fraction of sp³-hybridized carbons (Fsp3) is 0.0435. The minimum absolute atomic E-state index is 0.463. The Kier molecular flexibility index (Phi) is 5.68. The Bertz CT molecular complexity index is 1210. The summed E-state index contributed by atoms with van der Waals surface area (Å²) in [5.74, 6) is -1.59. The summed E-state index contributed by atoms with van der Waals surface area (Å²) in [4.78, 5) is 34.0. The number of anilines is 1. The van der Waals surface area contributed by atoms with Crippen LogP contribution in [-0.2, 0) is 9.59 Å². The SMILES string of the molecule is O=C(Nc1cccc2cccnc12)C(=O)NC(c1cccc(Cl)c1)c1ccccn1. The molecular weight excluding hydrogens is 400 g/mol. The maximum atomic E-state index is 12.7. The minimum atomic E-state index is -0.795. The van der Waals surface area contributed by atoms with Crippen LogP contribution >= 0.6 is 11.6 Å². The van der Waals surface area contributed by atoms with Crippen molar-refractivity contribution in [2.24, 2.45) is 0 Å². The molecule has 2 aromatic carbocycles. The maximum Gasteiger partial charge on any atom is 0.313 e. The van der Waals surface area contributed by atoms with Crippen molar-refractivity contribution in [2.75, 3.05) is 5.32 Å². The minimum Gasteiger partial charge on any atom is -0.335 e. The molecule has 2 N–H and O–H groups in total. The van der Waals surface area contributed by atoms with Crippen LogP contribution in [0.3, 0.4) is 0 Å². The highest BCUT2D eigenvalue weighted by Gasteiger charge is 2.23. The molecule has 0 radical (unpaired) electrons. The first-order chi connectivity index (χ1) is 14.6. The number of nitrogens with one attached hydrogen (secondary N) is 2. The predicted octanol–water partition coefficient (Wildman–Crippen LogP) is 4.13. The molecule has 7 heteroatoms. The van der Waals surface area contributed by atoms with Crippen LogP contribution in [0, 0.1) is 0 Å². The van der Waals surface area contributed by atoms with Gasteiger partial charge in [-0.15, -0.1) is 0 Å². The maximum absolute atomic E-state index is 12.7. The average Bonchev–Trinajstić information content (AvgIpc) is 2.78. The summed E-state index contributed by atoms with van der Waals surface area (Å²) in [6.45, 7) is 0. The number of amides is 2. The molecule has 2 aromatic heterocycles. The molecule has 1 atom stereocenters. The second kappa shape index (κ2) is 8.71. The number of fused-ring (bicyclic) bond motifs is 1. The van der Waals surface area contributed by atoms with E-state index in [0.717, 1.165) is 5.39 Å². The van der Waals surface area contributed by atoms with Crippen LogP contribution < -0.4 is 10.6 Å². The van der Waals surface area contributed by atoms with Crippen molar-refractivity contribution in [3.63, 3.8) is 0 Å². The van der Waals surface area contributed by atoms with E-state index < -0.39 is 17.9 Å². The Balaban J connectivity index is 1.58. The Labute approximate surface area is 177 Å². The van der Waals surface area contributed by atoms with Gasteiger partial charge in [0.1, 0.15) is 0 Å². The van der Waals surface area contributed by atoms with E-state index >= 15 is 0 Å². The number of hydrogen-bond acceptors (Lipinski definition) is 4. The predicted molar refractivity (Wildman–Crippen MR) is 116 cm³/mol. The van der Waals surface area contributed by atoms with Gasteiger partial charge >= 0.3 is 11.8 Å². The zero-order valence-electron chi connectivity index (χ0n) is 15.7. The van der Waals surface area contributed by atoms with Crippen LogP contribution in [0.15, 0.2) is 85.2 Å². The summed E-state index contributed by atoms with van der Waals surface area (Å²) in [5.41, 5.74) is 2.38. The van der Waals surface area contributed by atoms with Crippen molar-refractivity contribution in [3.05, 3.63) is 101 Å². The molecule has 148 valence electrons. The molecule has 4 aromatic rings. The fourth-order valence-corrected chi connectivity index (χ4v) is 3.34. The average molecular weight is 417 g/mol. The first-order valence-corrected chi connectivity index (χ1v) is 9.61. The highest BCUT2D eigenvalue weighted by atomic mass is 35.5. The highest BCUT2D eigenvalue weighted by Crippen LogP contribution is 2.24. The molecule has 30 heavy (non-hydrogen) atoms. The summed E-state index contributed by atoms with van der Waals surface area (Å²) in [5, 5.41) is 6.78. The van der Waals surface area contributed by atoms with Crippen LogP contribution in [0.4, 0.5) is 5.69 Å². The molecule has 4 rings (SSSR count). The van der Waals surface area contributed by atoms with E-state index in [1.54, 1.807) is 54.9 Å². The Morgan fingerprint density at radius 1 is 0.833 bits per heavy atom. The van der Waals surface area contributed by atoms with Crippen LogP contribution in [0.5, 0.6) is 0 Å². The van der Waals surface area contributed by atoms with Crippen molar-refractivity contribution in [2.45, 2.75) is 6.04 Å². The van der Waals surface area contributed by atoms with Crippen LogP contribution in [0.2, 0.25) is 5.02 Å². The molecule has 0 aliphatic heterocycles. The molecule has 0 spiro atoms. The number of nitrogens with zero attached hydrogens (tertiary/aromatic N) is 2. The van der Waals surface area contributed by atoms with Crippen LogP contribution in [0.25, 0.3) is 10.9 Å². The van der Waals surface area contributed by atoms with Gasteiger partial charge in [0, 0.05) is 22.8 Å². The summed E-state index contributed by atoms with van der Waals surface area (Å²) in [7, 11) is 0. The molecule has 1 unspecified atom stereocenters. The Morgan fingerprint density at radius 2 is 1.63 bits per heavy atom. The van der Waals surface area contributed by atoms with E-state index in [1.165, 1.54) is 0 Å². The third-order valence-corrected chi connectivity index (χ3v) is 4.76. The smallest absolute Gasteiger partial charge is 0.313 e. The van der Waals surface area contributed by atoms with E-state index in [-0.39, 0.29) is 0 Å². The number of carbonyl (C=O) groups excluding carboxylic acids is 2. The third kappa shape index (κ3) is 4.29. The summed E-state index contributed by atoms with van der Waals surface area (Å²) < 4.78 is 0. The molecule has 2 amide bonds. The lowest BCUT2D eigenvalue weighted by Crippen LogP contribution is -2.38. The molecule has 0 fully saturated rings. The standard InChI is InChI=1S/C23H17ClN4O2/c24-17-9-3-7-16(14-17)21(18-10-1-2-12-25-18)28-23(30)22(29)27-19-11-4-6-15-8-5-13-26-20(15)19/h1-14,21H,(H,27,29)(H,28,30). The number of pyridine rings is 2. The highest BCUT2D eigenvalue weighted by molar-refractivity contribution is 6.40. The van der Waals surface area contributed by atoms with Gasteiger partial charge in [0.15, 0.2) is 0 Å². The summed E-state index contributed by atoms with van der Waals surface area (Å²) >= 11 is 6.12. The van der Waals surface area contributed by atoms with E-state index in [2.05, 4.69) is 20.6 Å². The number of aromatic nitrogens is 2. The van der Waals surface area contributed by atoms with Gasteiger partial charge in [-0.25, -0.2) is 0 Å². The zero-order valence-corrected chi connectivity index (χ0v) is 16.5. The lowest BCUT2D eigenvalue weighted by atomic mass is 10.0. The molecule has 2 heterocycles. The van der Waals surface area contributed by atoms with E-state index in [4.69, 9.17) is 11.6 Å².